The highest BCUT2D eigenvalue weighted by Crippen LogP contribution is 2.37. The van der Waals surface area contributed by atoms with Gasteiger partial charge in [-0.2, -0.15) is 0 Å². The number of nitrogens with one attached hydrogen (secondary N) is 2. The fourth-order valence-electron chi connectivity index (χ4n) is 3.79. The van der Waals surface area contributed by atoms with Gasteiger partial charge in [0, 0.05) is 28.8 Å². The van der Waals surface area contributed by atoms with Gasteiger partial charge in [-0.3, -0.25) is 9.59 Å². The van der Waals surface area contributed by atoms with Crippen LogP contribution in [0.4, 0.5) is 11.4 Å². The third-order valence-electron chi connectivity index (χ3n) is 5.44. The van der Waals surface area contributed by atoms with Crippen LogP contribution in [0, 0.1) is 0 Å². The van der Waals surface area contributed by atoms with Crippen molar-refractivity contribution in [3.8, 4) is 11.5 Å². The van der Waals surface area contributed by atoms with Crippen LogP contribution in [-0.2, 0) is 9.59 Å². The smallest absolute Gasteiger partial charge is 0.242 e. The lowest BCUT2D eigenvalue weighted by atomic mass is 10.1. The minimum absolute atomic E-state index is 0.143. The molecule has 0 bridgehead atoms. The summed E-state index contributed by atoms with van der Waals surface area (Å²) in [5, 5.41) is 5.33. The van der Waals surface area contributed by atoms with Crippen LogP contribution in [-0.4, -0.2) is 16.8 Å². The molecule has 4 aromatic carbocycles. The molecule has 0 fully saturated rings. The minimum Gasteiger partial charge on any atom is -0.436 e. The van der Waals surface area contributed by atoms with E-state index in [2.05, 4.69) is 15.6 Å². The second-order valence-corrected chi connectivity index (χ2v) is 9.35. The van der Waals surface area contributed by atoms with E-state index < -0.39 is 5.25 Å². The van der Waals surface area contributed by atoms with Gasteiger partial charge in [0.05, 0.1) is 0 Å². The summed E-state index contributed by atoms with van der Waals surface area (Å²) in [4.78, 5) is 30.3. The van der Waals surface area contributed by atoms with E-state index in [1.807, 2.05) is 103 Å². The highest BCUT2D eigenvalue weighted by atomic mass is 32.2. The van der Waals surface area contributed by atoms with E-state index in [1.165, 1.54) is 18.7 Å². The number of aromatic nitrogens is 1. The van der Waals surface area contributed by atoms with Crippen LogP contribution >= 0.6 is 11.8 Å². The van der Waals surface area contributed by atoms with Crippen molar-refractivity contribution in [3.05, 3.63) is 109 Å². The molecular formula is C29H23N3O3S. The van der Waals surface area contributed by atoms with Gasteiger partial charge in [0.2, 0.25) is 17.7 Å². The number of carbonyl (C=O) groups is 2. The van der Waals surface area contributed by atoms with Crippen LogP contribution in [0.25, 0.3) is 22.6 Å². The highest BCUT2D eigenvalue weighted by molar-refractivity contribution is 8.00. The standard InChI is InChI=1S/C29H23N3O3S/c1-19(33)30-23-10-7-11-24(18-23)36-27(20-8-3-2-4-9-20)28(34)31-22-16-14-21(15-17-22)29-32-25-12-5-6-13-26(25)35-29/h2-18,27H,1H3,(H,30,33)(H,31,34). The Balaban J connectivity index is 1.35. The first-order valence-electron chi connectivity index (χ1n) is 11.4. The summed E-state index contributed by atoms with van der Waals surface area (Å²) in [6.45, 7) is 1.47. The molecule has 7 heteroatoms. The van der Waals surface area contributed by atoms with Crippen LogP contribution < -0.4 is 10.6 Å². The summed E-state index contributed by atoms with van der Waals surface area (Å²) in [6.07, 6.45) is 0. The Morgan fingerprint density at radius 2 is 1.56 bits per heavy atom. The van der Waals surface area contributed by atoms with Crippen molar-refractivity contribution in [3.63, 3.8) is 0 Å². The van der Waals surface area contributed by atoms with Crippen LogP contribution in [0.2, 0.25) is 0 Å². The maximum Gasteiger partial charge on any atom is 0.242 e. The van der Waals surface area contributed by atoms with Gasteiger partial charge in [0.15, 0.2) is 5.58 Å². The highest BCUT2D eigenvalue weighted by Gasteiger charge is 2.22. The van der Waals surface area contributed by atoms with Gasteiger partial charge < -0.3 is 15.1 Å². The van der Waals surface area contributed by atoms with Crippen molar-refractivity contribution >= 4 is 46.1 Å². The van der Waals surface area contributed by atoms with Gasteiger partial charge in [-0.1, -0.05) is 48.5 Å². The van der Waals surface area contributed by atoms with Crippen molar-refractivity contribution in [2.24, 2.45) is 0 Å². The molecule has 5 rings (SSSR count). The summed E-state index contributed by atoms with van der Waals surface area (Å²) >= 11 is 1.42. The maximum absolute atomic E-state index is 13.4. The van der Waals surface area contributed by atoms with Crippen molar-refractivity contribution in [2.45, 2.75) is 17.1 Å². The lowest BCUT2D eigenvalue weighted by Crippen LogP contribution is -2.19. The normalized spacial score (nSPS) is 11.7. The number of carbonyl (C=O) groups excluding carboxylic acids is 2. The van der Waals surface area contributed by atoms with Gasteiger partial charge in [-0.05, 0) is 60.2 Å². The molecule has 1 atom stereocenters. The first kappa shape index (κ1) is 23.4. The fraction of sp³-hybridized carbons (Fsp3) is 0.0690. The number of anilines is 2. The Bertz CT molecular complexity index is 1480. The molecule has 1 unspecified atom stereocenters. The molecule has 0 saturated carbocycles. The molecule has 5 aromatic rings. The molecule has 2 amide bonds. The maximum atomic E-state index is 13.4. The molecule has 178 valence electrons. The molecule has 0 aliphatic carbocycles. The average Bonchev–Trinajstić information content (AvgIpc) is 3.32. The number of rotatable bonds is 7. The Labute approximate surface area is 212 Å². The molecule has 6 nitrogen and oxygen atoms in total. The first-order chi connectivity index (χ1) is 17.5. The lowest BCUT2D eigenvalue weighted by molar-refractivity contribution is -0.116. The van der Waals surface area contributed by atoms with E-state index in [1.54, 1.807) is 0 Å². The van der Waals surface area contributed by atoms with E-state index in [-0.39, 0.29) is 11.8 Å². The van der Waals surface area contributed by atoms with E-state index >= 15 is 0 Å². The molecule has 1 aromatic heterocycles. The molecule has 0 saturated heterocycles. The quantitative estimate of drug-likeness (QED) is 0.240. The van der Waals surface area contributed by atoms with Crippen molar-refractivity contribution in [1.82, 2.24) is 4.98 Å². The number of thioether (sulfide) groups is 1. The predicted octanol–water partition coefficient (Wildman–Crippen LogP) is 6.93. The van der Waals surface area contributed by atoms with Gasteiger partial charge in [-0.25, -0.2) is 4.98 Å². The van der Waals surface area contributed by atoms with Crippen LogP contribution in [0.1, 0.15) is 17.7 Å². The fourth-order valence-corrected chi connectivity index (χ4v) is 4.87. The second-order valence-electron chi connectivity index (χ2n) is 8.17. The zero-order valence-electron chi connectivity index (χ0n) is 19.5. The zero-order valence-corrected chi connectivity index (χ0v) is 20.3. The zero-order chi connectivity index (χ0) is 24.9. The van der Waals surface area contributed by atoms with Gasteiger partial charge in [0.25, 0.3) is 0 Å². The van der Waals surface area contributed by atoms with Crippen molar-refractivity contribution in [2.75, 3.05) is 10.6 Å². The molecule has 1 heterocycles. The Kier molecular flexibility index (Phi) is 6.82. The number of amides is 2. The van der Waals surface area contributed by atoms with Crippen LogP contribution in [0.3, 0.4) is 0 Å². The SMILES string of the molecule is CC(=O)Nc1cccc(SC(C(=O)Nc2ccc(-c3nc4ccccc4o3)cc2)c2ccccc2)c1. The van der Waals surface area contributed by atoms with Gasteiger partial charge in [0.1, 0.15) is 10.8 Å². The Hall–Kier alpha value is -4.36. The molecule has 0 spiro atoms. The van der Waals surface area contributed by atoms with Gasteiger partial charge in [-0.15, -0.1) is 11.8 Å². The van der Waals surface area contributed by atoms with E-state index in [0.717, 1.165) is 27.1 Å². The van der Waals surface area contributed by atoms with Crippen molar-refractivity contribution < 1.29 is 14.0 Å². The van der Waals surface area contributed by atoms with Crippen LogP contribution in [0.5, 0.6) is 0 Å². The van der Waals surface area contributed by atoms with E-state index in [9.17, 15) is 9.59 Å². The summed E-state index contributed by atoms with van der Waals surface area (Å²) in [5.74, 6) is 0.243. The number of hydrogen-bond acceptors (Lipinski definition) is 5. The topological polar surface area (TPSA) is 84.2 Å². The first-order valence-corrected chi connectivity index (χ1v) is 12.3. The summed E-state index contributed by atoms with van der Waals surface area (Å²) in [7, 11) is 0. The summed E-state index contributed by atoms with van der Waals surface area (Å²) in [6, 6.07) is 32.1. The molecule has 0 aliphatic rings. The molecule has 36 heavy (non-hydrogen) atoms. The number of benzene rings is 4. The van der Waals surface area contributed by atoms with Gasteiger partial charge >= 0.3 is 0 Å². The molecule has 0 radical (unpaired) electrons. The molecule has 2 N–H and O–H groups in total. The Morgan fingerprint density at radius 3 is 2.31 bits per heavy atom. The summed E-state index contributed by atoms with van der Waals surface area (Å²) in [5.41, 5.74) is 4.61. The third-order valence-corrected chi connectivity index (χ3v) is 6.69. The second kappa shape index (κ2) is 10.5. The largest absolute Gasteiger partial charge is 0.436 e. The lowest BCUT2D eigenvalue weighted by Gasteiger charge is -2.18. The van der Waals surface area contributed by atoms with Crippen LogP contribution in [0.15, 0.2) is 112 Å². The number of oxazole rings is 1. The molecular weight excluding hydrogens is 470 g/mol. The number of para-hydroxylation sites is 2. The monoisotopic (exact) mass is 493 g/mol. The van der Waals surface area contributed by atoms with Crippen molar-refractivity contribution in [1.29, 1.82) is 0 Å². The Morgan fingerprint density at radius 1 is 0.806 bits per heavy atom. The predicted molar refractivity (Wildman–Crippen MR) is 144 cm³/mol. The number of nitrogens with zero attached hydrogens (tertiary/aromatic N) is 1. The number of hydrogen-bond donors (Lipinski definition) is 2. The van der Waals surface area contributed by atoms with E-state index in [4.69, 9.17) is 4.42 Å². The minimum atomic E-state index is -0.490. The third kappa shape index (κ3) is 5.47. The summed E-state index contributed by atoms with van der Waals surface area (Å²) < 4.78 is 5.84. The average molecular weight is 494 g/mol. The number of fused-ring (bicyclic) bond motifs is 1. The van der Waals surface area contributed by atoms with E-state index in [0.29, 0.717) is 17.3 Å². The molecule has 0 aliphatic heterocycles.